The molecule has 21 heavy (non-hydrogen) atoms. The number of aromatic carboxylic acids is 1. The van der Waals surface area contributed by atoms with Gasteiger partial charge in [0.25, 0.3) is 5.91 Å². The number of rotatable bonds is 3. The smallest absolute Gasteiger partial charge is 0.337 e. The predicted octanol–water partition coefficient (Wildman–Crippen LogP) is 2.62. The predicted molar refractivity (Wildman–Crippen MR) is 70.2 cm³/mol. The van der Waals surface area contributed by atoms with Gasteiger partial charge in [0.15, 0.2) is 0 Å². The Morgan fingerprint density at radius 2 is 1.86 bits per heavy atom. The zero-order valence-electron chi connectivity index (χ0n) is 10.9. The lowest BCUT2D eigenvalue weighted by Crippen LogP contribution is -2.15. The molecular formula is C14H10F2N2O3. The van der Waals surface area contributed by atoms with E-state index in [2.05, 4.69) is 10.3 Å². The molecule has 0 aliphatic heterocycles. The van der Waals surface area contributed by atoms with Crippen LogP contribution < -0.4 is 5.32 Å². The number of anilines is 1. The van der Waals surface area contributed by atoms with Crippen LogP contribution in [0.1, 0.15) is 26.3 Å². The van der Waals surface area contributed by atoms with Gasteiger partial charge in [-0.05, 0) is 24.6 Å². The number of carbonyl (C=O) groups is 2. The quantitative estimate of drug-likeness (QED) is 0.911. The van der Waals surface area contributed by atoms with Crippen LogP contribution in [0, 0.1) is 18.6 Å². The van der Waals surface area contributed by atoms with Gasteiger partial charge < -0.3 is 10.4 Å². The van der Waals surface area contributed by atoms with E-state index in [4.69, 9.17) is 5.11 Å². The molecule has 0 aliphatic rings. The summed E-state index contributed by atoms with van der Waals surface area (Å²) in [6.45, 7) is 1.40. The van der Waals surface area contributed by atoms with Gasteiger partial charge in [-0.3, -0.25) is 9.78 Å². The summed E-state index contributed by atoms with van der Waals surface area (Å²) in [5, 5.41) is 11.1. The fourth-order valence-electron chi connectivity index (χ4n) is 1.65. The largest absolute Gasteiger partial charge is 0.478 e. The summed E-state index contributed by atoms with van der Waals surface area (Å²) >= 11 is 0. The number of pyridine rings is 1. The van der Waals surface area contributed by atoms with Crippen molar-refractivity contribution in [2.24, 2.45) is 0 Å². The van der Waals surface area contributed by atoms with Crippen molar-refractivity contribution in [1.29, 1.82) is 0 Å². The third kappa shape index (κ3) is 3.19. The van der Waals surface area contributed by atoms with E-state index in [0.29, 0.717) is 6.07 Å². The second kappa shape index (κ2) is 5.66. The molecule has 108 valence electrons. The number of nitrogens with zero attached hydrogens (tertiary/aromatic N) is 1. The van der Waals surface area contributed by atoms with E-state index < -0.39 is 23.5 Å². The molecule has 1 aromatic heterocycles. The molecule has 0 aliphatic carbocycles. The minimum Gasteiger partial charge on any atom is -0.478 e. The molecule has 0 saturated heterocycles. The van der Waals surface area contributed by atoms with E-state index in [1.807, 2.05) is 0 Å². The average Bonchev–Trinajstić information content (AvgIpc) is 2.43. The van der Waals surface area contributed by atoms with Crippen LogP contribution in [0.2, 0.25) is 0 Å². The highest BCUT2D eigenvalue weighted by atomic mass is 19.1. The first-order chi connectivity index (χ1) is 9.88. The molecule has 5 nitrogen and oxygen atoms in total. The van der Waals surface area contributed by atoms with Crippen molar-refractivity contribution in [1.82, 2.24) is 4.98 Å². The molecular weight excluding hydrogens is 282 g/mol. The first-order valence-corrected chi connectivity index (χ1v) is 5.84. The van der Waals surface area contributed by atoms with Crippen LogP contribution in [-0.4, -0.2) is 22.0 Å². The van der Waals surface area contributed by atoms with E-state index in [1.165, 1.54) is 19.2 Å². The summed E-state index contributed by atoms with van der Waals surface area (Å²) in [6.07, 6.45) is 2.33. The Bertz CT molecular complexity index is 732. The number of amides is 1. The van der Waals surface area contributed by atoms with Crippen LogP contribution in [0.25, 0.3) is 0 Å². The van der Waals surface area contributed by atoms with Crippen LogP contribution in [0.5, 0.6) is 0 Å². The molecule has 2 rings (SSSR count). The van der Waals surface area contributed by atoms with Crippen molar-refractivity contribution in [2.75, 3.05) is 5.32 Å². The zero-order valence-corrected chi connectivity index (χ0v) is 10.9. The van der Waals surface area contributed by atoms with Crippen molar-refractivity contribution >= 4 is 17.6 Å². The molecule has 0 bridgehead atoms. The number of aryl methyl sites for hydroxylation is 1. The minimum atomic E-state index is -1.21. The van der Waals surface area contributed by atoms with E-state index >= 15 is 0 Å². The van der Waals surface area contributed by atoms with Gasteiger partial charge in [0.1, 0.15) is 11.6 Å². The normalized spacial score (nSPS) is 10.2. The highest BCUT2D eigenvalue weighted by Crippen LogP contribution is 2.16. The Hall–Kier alpha value is -2.83. The minimum absolute atomic E-state index is 0.0984. The number of halogens is 2. The van der Waals surface area contributed by atoms with E-state index in [1.54, 1.807) is 0 Å². The lowest BCUT2D eigenvalue weighted by molar-refractivity contribution is 0.0696. The van der Waals surface area contributed by atoms with Crippen LogP contribution in [0.15, 0.2) is 30.6 Å². The maximum Gasteiger partial charge on any atom is 0.337 e. The maximum absolute atomic E-state index is 13.6. The summed E-state index contributed by atoms with van der Waals surface area (Å²) in [6, 6.07) is 2.88. The van der Waals surface area contributed by atoms with Crippen molar-refractivity contribution < 1.29 is 23.5 Å². The van der Waals surface area contributed by atoms with Gasteiger partial charge in [-0.1, -0.05) is 0 Å². The average molecular weight is 292 g/mol. The molecule has 7 heteroatoms. The van der Waals surface area contributed by atoms with Gasteiger partial charge in [-0.25, -0.2) is 13.6 Å². The van der Waals surface area contributed by atoms with E-state index in [-0.39, 0.29) is 22.4 Å². The molecule has 0 radical (unpaired) electrons. The van der Waals surface area contributed by atoms with Crippen molar-refractivity contribution in [2.45, 2.75) is 6.92 Å². The van der Waals surface area contributed by atoms with Gasteiger partial charge in [0, 0.05) is 12.3 Å². The third-order valence-electron chi connectivity index (χ3n) is 2.74. The van der Waals surface area contributed by atoms with Crippen molar-refractivity contribution in [3.8, 4) is 0 Å². The van der Waals surface area contributed by atoms with Gasteiger partial charge in [-0.15, -0.1) is 0 Å². The second-order valence-corrected chi connectivity index (χ2v) is 4.30. The Morgan fingerprint density at radius 1 is 1.14 bits per heavy atom. The number of benzene rings is 1. The van der Waals surface area contributed by atoms with Crippen LogP contribution in [0.4, 0.5) is 14.5 Å². The summed E-state index contributed by atoms with van der Waals surface area (Å²) in [5.41, 5.74) is -0.238. The summed E-state index contributed by atoms with van der Waals surface area (Å²) in [5.74, 6) is -3.78. The highest BCUT2D eigenvalue weighted by Gasteiger charge is 2.15. The van der Waals surface area contributed by atoms with Gasteiger partial charge >= 0.3 is 5.97 Å². The molecule has 0 unspecified atom stereocenters. The Kier molecular flexibility index (Phi) is 3.93. The van der Waals surface area contributed by atoms with Gasteiger partial charge in [0.2, 0.25) is 0 Å². The fourth-order valence-corrected chi connectivity index (χ4v) is 1.65. The zero-order chi connectivity index (χ0) is 15.6. The van der Waals surface area contributed by atoms with E-state index in [9.17, 15) is 18.4 Å². The molecule has 2 aromatic rings. The first-order valence-electron chi connectivity index (χ1n) is 5.84. The Morgan fingerprint density at radius 3 is 2.52 bits per heavy atom. The molecule has 0 saturated carbocycles. The molecule has 1 heterocycles. The van der Waals surface area contributed by atoms with Crippen molar-refractivity contribution in [3.63, 3.8) is 0 Å². The maximum atomic E-state index is 13.6. The number of aromatic nitrogens is 1. The van der Waals surface area contributed by atoms with Crippen LogP contribution in [-0.2, 0) is 0 Å². The topological polar surface area (TPSA) is 79.3 Å². The lowest BCUT2D eigenvalue weighted by atomic mass is 10.1. The fraction of sp³-hybridized carbons (Fsp3) is 0.0714. The first kappa shape index (κ1) is 14.6. The monoisotopic (exact) mass is 292 g/mol. The van der Waals surface area contributed by atoms with Gasteiger partial charge in [-0.2, -0.15) is 0 Å². The summed E-state index contributed by atoms with van der Waals surface area (Å²) in [4.78, 5) is 26.4. The number of carboxylic acid groups (broad SMARTS) is 1. The van der Waals surface area contributed by atoms with Crippen LogP contribution in [0.3, 0.4) is 0 Å². The van der Waals surface area contributed by atoms with E-state index in [0.717, 1.165) is 12.3 Å². The lowest BCUT2D eigenvalue weighted by Gasteiger charge is -2.08. The Labute approximate surface area is 118 Å². The van der Waals surface area contributed by atoms with Gasteiger partial charge in [0.05, 0.1) is 23.0 Å². The third-order valence-corrected chi connectivity index (χ3v) is 2.74. The number of carboxylic acids is 1. The summed E-state index contributed by atoms with van der Waals surface area (Å²) < 4.78 is 26.7. The molecule has 0 spiro atoms. The molecule has 0 atom stereocenters. The highest BCUT2D eigenvalue weighted by molar-refractivity contribution is 6.05. The SMILES string of the molecule is Cc1cc(C(=O)Nc2cncc(C(=O)O)c2)c(F)cc1F. The number of carbonyl (C=O) groups excluding carboxylic acids is 1. The van der Waals surface area contributed by atoms with Crippen LogP contribution >= 0.6 is 0 Å². The Balaban J connectivity index is 2.28. The number of hydrogen-bond acceptors (Lipinski definition) is 3. The number of nitrogens with one attached hydrogen (secondary N) is 1. The molecule has 0 fully saturated rings. The molecule has 1 aromatic carbocycles. The molecule has 1 amide bonds. The van der Waals surface area contributed by atoms with Crippen molar-refractivity contribution in [3.05, 3.63) is 58.9 Å². The molecule has 2 N–H and O–H groups in total. The number of hydrogen-bond donors (Lipinski definition) is 2. The second-order valence-electron chi connectivity index (χ2n) is 4.30. The standard InChI is InChI=1S/C14H10F2N2O3/c1-7-2-10(12(16)4-11(7)15)13(19)18-9-3-8(14(20)21)5-17-6-9/h2-6H,1H3,(H,18,19)(H,20,21). The summed E-state index contributed by atoms with van der Waals surface area (Å²) in [7, 11) is 0.